The number of nitrogen functional groups attached to an aromatic ring is 1. The molecule has 146 valence electrons. The van der Waals surface area contributed by atoms with Crippen molar-refractivity contribution < 1.29 is 14.3 Å². The molecule has 0 spiro atoms. The third kappa shape index (κ3) is 5.01. The summed E-state index contributed by atoms with van der Waals surface area (Å²) in [6.07, 6.45) is 3.60. The summed E-state index contributed by atoms with van der Waals surface area (Å²) >= 11 is 0. The molecule has 2 unspecified atom stereocenters. The molecule has 1 aliphatic rings. The largest absolute Gasteiger partial charge is 0.444 e. The van der Waals surface area contributed by atoms with Crippen molar-refractivity contribution in [2.75, 3.05) is 25.4 Å². The Bertz CT molecular complexity index is 754. The molecule has 1 fully saturated rings. The van der Waals surface area contributed by atoms with E-state index in [4.69, 9.17) is 15.2 Å². The Hall–Kier alpha value is -2.54. The lowest BCUT2D eigenvalue weighted by atomic mass is 10.0. The number of benzene rings is 1. The third-order valence-electron chi connectivity index (χ3n) is 4.36. The van der Waals surface area contributed by atoms with E-state index in [2.05, 4.69) is 5.10 Å². The number of rotatable bonds is 3. The van der Waals surface area contributed by atoms with E-state index in [1.807, 2.05) is 55.8 Å². The van der Waals surface area contributed by atoms with Crippen LogP contribution in [-0.2, 0) is 9.47 Å². The Labute approximate surface area is 160 Å². The van der Waals surface area contributed by atoms with Crippen molar-refractivity contribution in [1.82, 2.24) is 14.7 Å². The van der Waals surface area contributed by atoms with Crippen LogP contribution < -0.4 is 5.73 Å². The van der Waals surface area contributed by atoms with Crippen LogP contribution in [0.25, 0.3) is 0 Å². The molecule has 1 aromatic carbocycles. The summed E-state index contributed by atoms with van der Waals surface area (Å²) in [4.78, 5) is 14.3. The normalized spacial score (nSPS) is 19.4. The topological polar surface area (TPSA) is 82.6 Å². The van der Waals surface area contributed by atoms with Gasteiger partial charge in [0, 0.05) is 19.3 Å². The lowest BCUT2D eigenvalue weighted by Gasteiger charge is -2.31. The number of carbonyl (C=O) groups is 1. The summed E-state index contributed by atoms with van der Waals surface area (Å²) in [6, 6.07) is 9.82. The summed E-state index contributed by atoms with van der Waals surface area (Å²) in [7, 11) is 0. The highest BCUT2D eigenvalue weighted by Gasteiger charge is 2.33. The van der Waals surface area contributed by atoms with Gasteiger partial charge in [0.25, 0.3) is 0 Å². The van der Waals surface area contributed by atoms with Crippen molar-refractivity contribution in [1.29, 1.82) is 0 Å². The van der Waals surface area contributed by atoms with Gasteiger partial charge >= 0.3 is 6.09 Å². The van der Waals surface area contributed by atoms with Crippen LogP contribution in [0.15, 0.2) is 42.7 Å². The molecule has 1 amide bonds. The van der Waals surface area contributed by atoms with Gasteiger partial charge in [0.05, 0.1) is 18.4 Å². The van der Waals surface area contributed by atoms with Crippen molar-refractivity contribution in [3.63, 3.8) is 0 Å². The molecule has 7 nitrogen and oxygen atoms in total. The summed E-state index contributed by atoms with van der Waals surface area (Å²) in [5.41, 5.74) is 7.00. The second-order valence-corrected chi connectivity index (χ2v) is 7.80. The van der Waals surface area contributed by atoms with E-state index in [0.717, 1.165) is 12.0 Å². The number of hydrogen-bond donors (Lipinski definition) is 1. The zero-order valence-electron chi connectivity index (χ0n) is 16.2. The molecule has 0 bridgehead atoms. The minimum atomic E-state index is -0.533. The number of amides is 1. The highest BCUT2D eigenvalue weighted by atomic mass is 16.6. The van der Waals surface area contributed by atoms with Gasteiger partial charge in [-0.1, -0.05) is 30.3 Å². The van der Waals surface area contributed by atoms with E-state index in [-0.39, 0.29) is 18.2 Å². The summed E-state index contributed by atoms with van der Waals surface area (Å²) < 4.78 is 13.5. The molecule has 1 saturated heterocycles. The second-order valence-electron chi connectivity index (χ2n) is 7.80. The van der Waals surface area contributed by atoms with Crippen LogP contribution in [0.1, 0.15) is 38.8 Å². The van der Waals surface area contributed by atoms with E-state index in [9.17, 15) is 4.79 Å². The molecule has 0 aliphatic carbocycles. The molecule has 1 aliphatic heterocycles. The van der Waals surface area contributed by atoms with Crippen molar-refractivity contribution in [3.05, 3.63) is 48.3 Å². The van der Waals surface area contributed by atoms with Crippen LogP contribution in [0.3, 0.4) is 0 Å². The van der Waals surface area contributed by atoms with E-state index in [1.54, 1.807) is 17.3 Å². The first kappa shape index (κ1) is 19.2. The van der Waals surface area contributed by atoms with Crippen LogP contribution in [0, 0.1) is 0 Å². The third-order valence-corrected chi connectivity index (χ3v) is 4.36. The molecule has 2 heterocycles. The SMILES string of the molecule is CC(C)(C)OC(=O)N1CCCOC(C(c2ccccc2)n2cc(N)cn2)C1. The molecule has 0 saturated carbocycles. The Morgan fingerprint density at radius 3 is 2.70 bits per heavy atom. The first-order valence-electron chi connectivity index (χ1n) is 9.27. The smallest absolute Gasteiger partial charge is 0.410 e. The van der Waals surface area contributed by atoms with Crippen LogP contribution in [0.5, 0.6) is 0 Å². The molecule has 0 radical (unpaired) electrons. The minimum Gasteiger partial charge on any atom is -0.444 e. The maximum absolute atomic E-state index is 12.6. The molecule has 2 atom stereocenters. The van der Waals surface area contributed by atoms with Gasteiger partial charge in [-0.15, -0.1) is 0 Å². The summed E-state index contributed by atoms with van der Waals surface area (Å²) in [6.45, 7) is 7.22. The predicted octanol–water partition coefficient (Wildman–Crippen LogP) is 3.08. The molecule has 7 heteroatoms. The van der Waals surface area contributed by atoms with Gasteiger partial charge in [-0.2, -0.15) is 5.10 Å². The number of anilines is 1. The molecular weight excluding hydrogens is 344 g/mol. The van der Waals surface area contributed by atoms with Gasteiger partial charge in [0.2, 0.25) is 0 Å². The van der Waals surface area contributed by atoms with E-state index < -0.39 is 5.60 Å². The van der Waals surface area contributed by atoms with Gasteiger partial charge in [-0.25, -0.2) is 4.79 Å². The zero-order valence-corrected chi connectivity index (χ0v) is 16.2. The highest BCUT2D eigenvalue weighted by molar-refractivity contribution is 5.68. The van der Waals surface area contributed by atoms with Gasteiger partial charge in [0.15, 0.2) is 0 Å². The Kier molecular flexibility index (Phi) is 5.70. The molecular formula is C20H28N4O3. The van der Waals surface area contributed by atoms with Crippen molar-refractivity contribution >= 4 is 11.8 Å². The monoisotopic (exact) mass is 372 g/mol. The fourth-order valence-electron chi connectivity index (χ4n) is 3.23. The Morgan fingerprint density at radius 2 is 2.07 bits per heavy atom. The van der Waals surface area contributed by atoms with E-state index in [1.165, 1.54) is 0 Å². The number of nitrogens with two attached hydrogens (primary N) is 1. The maximum atomic E-state index is 12.6. The molecule has 1 aromatic heterocycles. The first-order chi connectivity index (χ1) is 12.8. The van der Waals surface area contributed by atoms with Crippen molar-refractivity contribution in [3.8, 4) is 0 Å². The van der Waals surface area contributed by atoms with Crippen LogP contribution in [-0.4, -0.2) is 52.2 Å². The van der Waals surface area contributed by atoms with Crippen LogP contribution in [0.4, 0.5) is 10.5 Å². The number of carbonyl (C=O) groups excluding carboxylic acids is 1. The van der Waals surface area contributed by atoms with Gasteiger partial charge < -0.3 is 20.1 Å². The van der Waals surface area contributed by atoms with Crippen molar-refractivity contribution in [2.45, 2.75) is 44.9 Å². The van der Waals surface area contributed by atoms with Crippen LogP contribution >= 0.6 is 0 Å². The van der Waals surface area contributed by atoms with Crippen molar-refractivity contribution in [2.24, 2.45) is 0 Å². The quantitative estimate of drug-likeness (QED) is 0.895. The summed E-state index contributed by atoms with van der Waals surface area (Å²) in [5, 5.41) is 4.40. The summed E-state index contributed by atoms with van der Waals surface area (Å²) in [5.74, 6) is 0. The van der Waals surface area contributed by atoms with E-state index >= 15 is 0 Å². The Balaban J connectivity index is 1.87. The minimum absolute atomic E-state index is 0.188. The average molecular weight is 372 g/mol. The molecule has 2 N–H and O–H groups in total. The maximum Gasteiger partial charge on any atom is 0.410 e. The molecule has 27 heavy (non-hydrogen) atoms. The highest BCUT2D eigenvalue weighted by Crippen LogP contribution is 2.27. The number of hydrogen-bond acceptors (Lipinski definition) is 5. The lowest BCUT2D eigenvalue weighted by Crippen LogP contribution is -2.43. The number of ether oxygens (including phenoxy) is 2. The lowest BCUT2D eigenvalue weighted by molar-refractivity contribution is 0.00391. The van der Waals surface area contributed by atoms with Gasteiger partial charge in [-0.05, 0) is 32.8 Å². The van der Waals surface area contributed by atoms with Crippen LogP contribution in [0.2, 0.25) is 0 Å². The molecule has 2 aromatic rings. The van der Waals surface area contributed by atoms with Gasteiger partial charge in [-0.3, -0.25) is 4.68 Å². The average Bonchev–Trinajstić information content (AvgIpc) is 2.88. The molecule has 3 rings (SSSR count). The van der Waals surface area contributed by atoms with E-state index in [0.29, 0.717) is 25.4 Å². The Morgan fingerprint density at radius 1 is 1.33 bits per heavy atom. The fourth-order valence-corrected chi connectivity index (χ4v) is 3.23. The zero-order chi connectivity index (χ0) is 19.4. The number of nitrogens with zero attached hydrogens (tertiary/aromatic N) is 3. The predicted molar refractivity (Wildman–Crippen MR) is 103 cm³/mol. The number of aromatic nitrogens is 2. The first-order valence-corrected chi connectivity index (χ1v) is 9.27. The van der Waals surface area contributed by atoms with Gasteiger partial charge in [0.1, 0.15) is 17.7 Å². The fraction of sp³-hybridized carbons (Fsp3) is 0.500. The second kappa shape index (κ2) is 8.00. The standard InChI is InChI=1S/C20H28N4O3/c1-20(2,3)27-19(25)23-10-7-11-26-17(14-23)18(15-8-5-4-6-9-15)24-13-16(21)12-22-24/h4-6,8-9,12-13,17-18H,7,10-11,14,21H2,1-3H3.